The van der Waals surface area contributed by atoms with E-state index in [1.165, 1.54) is 0 Å². The predicted octanol–water partition coefficient (Wildman–Crippen LogP) is -0.683. The minimum atomic E-state index is -0.693. The summed E-state index contributed by atoms with van der Waals surface area (Å²) in [5.74, 6) is -0.520. The molecule has 0 heterocycles. The Bertz CT molecular complexity index is 127. The highest BCUT2D eigenvalue weighted by molar-refractivity contribution is 5.80. The lowest BCUT2D eigenvalue weighted by Crippen LogP contribution is -2.50. The van der Waals surface area contributed by atoms with Crippen molar-refractivity contribution in [3.63, 3.8) is 0 Å². The summed E-state index contributed by atoms with van der Waals surface area (Å²) in [6, 6.07) is -0.978. The van der Waals surface area contributed by atoms with Crippen molar-refractivity contribution in [3.05, 3.63) is 0 Å². The molecule has 0 aromatic carbocycles. The van der Waals surface area contributed by atoms with Crippen LogP contribution in [0.1, 0.15) is 26.2 Å². The lowest BCUT2D eigenvalue weighted by Gasteiger charge is -2.15. The molecule has 66 valence electrons. The average Bonchev–Trinajstić information content (AvgIpc) is 1.98. The SMILES string of the molecule is CCCCC(N)C(N)C(N)=O. The molecule has 0 saturated heterocycles. The topological polar surface area (TPSA) is 95.1 Å². The Balaban J connectivity index is 3.63. The van der Waals surface area contributed by atoms with Gasteiger partial charge in [0.15, 0.2) is 0 Å². The Morgan fingerprint density at radius 2 is 2.00 bits per heavy atom. The summed E-state index contributed by atoms with van der Waals surface area (Å²) in [5, 5.41) is 0. The van der Waals surface area contributed by atoms with E-state index < -0.39 is 11.9 Å². The molecule has 0 aromatic rings. The van der Waals surface area contributed by atoms with Crippen molar-refractivity contribution in [1.82, 2.24) is 0 Å². The maximum atomic E-state index is 10.5. The van der Waals surface area contributed by atoms with E-state index in [0.29, 0.717) is 0 Å². The number of hydrogen-bond donors (Lipinski definition) is 3. The Labute approximate surface area is 67.1 Å². The standard InChI is InChI=1S/C7H17N3O/c1-2-3-4-5(8)6(9)7(10)11/h5-6H,2-4,8-9H2,1H3,(H2,10,11). The number of rotatable bonds is 5. The number of unbranched alkanes of at least 4 members (excludes halogenated alkanes) is 1. The second-order valence-electron chi connectivity index (χ2n) is 2.73. The largest absolute Gasteiger partial charge is 0.368 e. The summed E-state index contributed by atoms with van der Waals surface area (Å²) in [6.07, 6.45) is 2.81. The van der Waals surface area contributed by atoms with Gasteiger partial charge in [0.2, 0.25) is 5.91 Å². The number of nitrogens with two attached hydrogens (primary N) is 3. The minimum absolute atomic E-state index is 0.285. The first-order valence-corrected chi connectivity index (χ1v) is 3.90. The first-order chi connectivity index (χ1) is 5.09. The fourth-order valence-electron chi connectivity index (χ4n) is 0.830. The molecule has 0 fully saturated rings. The van der Waals surface area contributed by atoms with Crippen molar-refractivity contribution in [3.8, 4) is 0 Å². The molecule has 0 radical (unpaired) electrons. The van der Waals surface area contributed by atoms with Gasteiger partial charge in [0.1, 0.15) is 0 Å². The zero-order chi connectivity index (χ0) is 8.85. The lowest BCUT2D eigenvalue weighted by molar-refractivity contribution is -0.119. The third-order valence-electron chi connectivity index (χ3n) is 1.68. The highest BCUT2D eigenvalue weighted by Gasteiger charge is 2.17. The molecule has 2 atom stereocenters. The first-order valence-electron chi connectivity index (χ1n) is 3.90. The first kappa shape index (κ1) is 10.4. The van der Waals surface area contributed by atoms with Crippen molar-refractivity contribution in [2.75, 3.05) is 0 Å². The van der Waals surface area contributed by atoms with Gasteiger partial charge in [-0.1, -0.05) is 19.8 Å². The molecule has 11 heavy (non-hydrogen) atoms. The number of carbonyl (C=O) groups excluding carboxylic acids is 1. The summed E-state index contributed by atoms with van der Waals surface area (Å²) in [5.41, 5.74) is 15.9. The van der Waals surface area contributed by atoms with Crippen LogP contribution in [0.15, 0.2) is 0 Å². The van der Waals surface area contributed by atoms with Crippen LogP contribution in [0.2, 0.25) is 0 Å². The van der Waals surface area contributed by atoms with E-state index in [1.54, 1.807) is 0 Å². The second kappa shape index (κ2) is 5.09. The second-order valence-corrected chi connectivity index (χ2v) is 2.73. The normalized spacial score (nSPS) is 15.9. The van der Waals surface area contributed by atoms with Crippen LogP contribution in [-0.4, -0.2) is 18.0 Å². The summed E-state index contributed by atoms with van der Waals surface area (Å²) >= 11 is 0. The summed E-state index contributed by atoms with van der Waals surface area (Å²) in [4.78, 5) is 10.5. The number of primary amides is 1. The molecule has 2 unspecified atom stereocenters. The predicted molar refractivity (Wildman–Crippen MR) is 44.7 cm³/mol. The van der Waals surface area contributed by atoms with E-state index in [4.69, 9.17) is 17.2 Å². The smallest absolute Gasteiger partial charge is 0.235 e. The summed E-state index contributed by atoms with van der Waals surface area (Å²) in [7, 11) is 0. The van der Waals surface area contributed by atoms with Gasteiger partial charge in [-0.3, -0.25) is 4.79 Å². The maximum absolute atomic E-state index is 10.5. The minimum Gasteiger partial charge on any atom is -0.368 e. The van der Waals surface area contributed by atoms with Crippen molar-refractivity contribution in [1.29, 1.82) is 0 Å². The number of carbonyl (C=O) groups is 1. The molecule has 0 bridgehead atoms. The quantitative estimate of drug-likeness (QED) is 0.495. The molecule has 0 spiro atoms. The van der Waals surface area contributed by atoms with Gasteiger partial charge in [0, 0.05) is 6.04 Å². The molecule has 0 aromatic heterocycles. The number of amides is 1. The van der Waals surface area contributed by atoms with Crippen LogP contribution < -0.4 is 17.2 Å². The van der Waals surface area contributed by atoms with E-state index in [0.717, 1.165) is 19.3 Å². The molecule has 0 aliphatic heterocycles. The Morgan fingerprint density at radius 1 is 1.45 bits per heavy atom. The number of hydrogen-bond acceptors (Lipinski definition) is 3. The van der Waals surface area contributed by atoms with Gasteiger partial charge in [0.05, 0.1) is 6.04 Å². The Kier molecular flexibility index (Phi) is 4.81. The molecule has 0 rings (SSSR count). The fraction of sp³-hybridized carbons (Fsp3) is 0.857. The van der Waals surface area contributed by atoms with Gasteiger partial charge in [-0.25, -0.2) is 0 Å². The van der Waals surface area contributed by atoms with Gasteiger partial charge < -0.3 is 17.2 Å². The van der Waals surface area contributed by atoms with Crippen LogP contribution in [0.25, 0.3) is 0 Å². The average molecular weight is 159 g/mol. The van der Waals surface area contributed by atoms with E-state index in [1.807, 2.05) is 0 Å². The molecule has 1 amide bonds. The van der Waals surface area contributed by atoms with Crippen LogP contribution in [0, 0.1) is 0 Å². The van der Waals surface area contributed by atoms with Crippen LogP contribution in [0.5, 0.6) is 0 Å². The highest BCUT2D eigenvalue weighted by atomic mass is 16.1. The Morgan fingerprint density at radius 3 is 2.36 bits per heavy atom. The van der Waals surface area contributed by atoms with Crippen molar-refractivity contribution in [2.45, 2.75) is 38.3 Å². The van der Waals surface area contributed by atoms with Gasteiger partial charge in [0.25, 0.3) is 0 Å². The maximum Gasteiger partial charge on any atom is 0.235 e. The molecule has 0 aliphatic rings. The zero-order valence-corrected chi connectivity index (χ0v) is 6.92. The van der Waals surface area contributed by atoms with Gasteiger partial charge >= 0.3 is 0 Å². The summed E-state index contributed by atoms with van der Waals surface area (Å²) in [6.45, 7) is 2.06. The van der Waals surface area contributed by atoms with E-state index >= 15 is 0 Å². The van der Waals surface area contributed by atoms with E-state index in [-0.39, 0.29) is 6.04 Å². The molecular weight excluding hydrogens is 142 g/mol. The molecule has 6 N–H and O–H groups in total. The molecule has 0 saturated carbocycles. The van der Waals surface area contributed by atoms with Crippen LogP contribution >= 0.6 is 0 Å². The third kappa shape index (κ3) is 3.95. The highest BCUT2D eigenvalue weighted by Crippen LogP contribution is 2.00. The monoisotopic (exact) mass is 159 g/mol. The van der Waals surface area contributed by atoms with Crippen molar-refractivity contribution in [2.24, 2.45) is 17.2 Å². The van der Waals surface area contributed by atoms with Crippen LogP contribution in [-0.2, 0) is 4.79 Å². The molecule has 4 nitrogen and oxygen atoms in total. The molecular formula is C7H17N3O. The van der Waals surface area contributed by atoms with Gasteiger partial charge in [-0.15, -0.1) is 0 Å². The van der Waals surface area contributed by atoms with E-state index in [9.17, 15) is 4.79 Å². The van der Waals surface area contributed by atoms with E-state index in [2.05, 4.69) is 6.92 Å². The summed E-state index contributed by atoms with van der Waals surface area (Å²) < 4.78 is 0. The van der Waals surface area contributed by atoms with Gasteiger partial charge in [-0.05, 0) is 6.42 Å². The van der Waals surface area contributed by atoms with Gasteiger partial charge in [-0.2, -0.15) is 0 Å². The lowest BCUT2D eigenvalue weighted by atomic mass is 10.0. The third-order valence-corrected chi connectivity index (χ3v) is 1.68. The van der Waals surface area contributed by atoms with Crippen molar-refractivity contribution >= 4 is 5.91 Å². The van der Waals surface area contributed by atoms with Crippen LogP contribution in [0.4, 0.5) is 0 Å². The Hall–Kier alpha value is -0.610. The molecule has 0 aliphatic carbocycles. The fourth-order valence-corrected chi connectivity index (χ4v) is 0.830. The molecule has 4 heteroatoms. The van der Waals surface area contributed by atoms with Crippen LogP contribution in [0.3, 0.4) is 0 Å². The zero-order valence-electron chi connectivity index (χ0n) is 6.92. The van der Waals surface area contributed by atoms with Crippen molar-refractivity contribution < 1.29 is 4.79 Å².